The highest BCUT2D eigenvalue weighted by Crippen LogP contribution is 2.28. The third-order valence-electron chi connectivity index (χ3n) is 4.50. The summed E-state index contributed by atoms with van der Waals surface area (Å²) in [6.07, 6.45) is 1.28. The zero-order chi connectivity index (χ0) is 19.9. The zero-order valence-electron chi connectivity index (χ0n) is 15.3. The van der Waals surface area contributed by atoms with Crippen molar-refractivity contribution in [2.75, 3.05) is 23.7 Å². The topological polar surface area (TPSA) is 73.2 Å². The van der Waals surface area contributed by atoms with Crippen LogP contribution in [0.15, 0.2) is 42.5 Å². The summed E-state index contributed by atoms with van der Waals surface area (Å²) in [5.41, 5.74) is 2.71. The summed E-state index contributed by atoms with van der Waals surface area (Å²) in [5.74, 6) is 1.23. The van der Waals surface area contributed by atoms with Crippen molar-refractivity contribution >= 4 is 40.9 Å². The second-order valence-electron chi connectivity index (χ2n) is 6.39. The molecule has 0 unspecified atom stereocenters. The van der Waals surface area contributed by atoms with Crippen LogP contribution in [0.1, 0.15) is 34.3 Å². The number of halogens is 1. The highest BCUT2D eigenvalue weighted by Gasteiger charge is 2.26. The maximum atomic E-state index is 12.6. The third kappa shape index (κ3) is 4.86. The van der Waals surface area contributed by atoms with Gasteiger partial charge in [0.2, 0.25) is 5.91 Å². The highest BCUT2D eigenvalue weighted by atomic mass is 35.5. The van der Waals surface area contributed by atoms with E-state index in [4.69, 9.17) is 16.9 Å². The molecular formula is C21H20ClN3O2S. The SMILES string of the molecule is N#Cc1ccccc1CSCCNC(=O)c1ccc(Cl)cc1N1CCCC1=O. The monoisotopic (exact) mass is 413 g/mol. The molecule has 1 fully saturated rings. The summed E-state index contributed by atoms with van der Waals surface area (Å²) in [7, 11) is 0. The number of carbonyl (C=O) groups is 2. The van der Waals surface area contributed by atoms with Crippen molar-refractivity contribution in [2.24, 2.45) is 0 Å². The van der Waals surface area contributed by atoms with E-state index in [1.807, 2.05) is 18.2 Å². The lowest BCUT2D eigenvalue weighted by molar-refractivity contribution is -0.117. The number of nitriles is 1. The van der Waals surface area contributed by atoms with Crippen LogP contribution in [0.5, 0.6) is 0 Å². The van der Waals surface area contributed by atoms with Crippen LogP contribution in [-0.4, -0.2) is 30.7 Å². The summed E-state index contributed by atoms with van der Waals surface area (Å²) in [5, 5.41) is 12.5. The van der Waals surface area contributed by atoms with E-state index in [0.717, 1.165) is 17.7 Å². The molecule has 0 atom stereocenters. The maximum absolute atomic E-state index is 12.6. The molecule has 2 aromatic rings. The number of nitrogens with one attached hydrogen (secondary N) is 1. The molecule has 7 heteroatoms. The van der Waals surface area contributed by atoms with Gasteiger partial charge in [0.25, 0.3) is 5.91 Å². The molecule has 1 aliphatic heterocycles. The molecule has 0 radical (unpaired) electrons. The summed E-state index contributed by atoms with van der Waals surface area (Å²) in [6, 6.07) is 14.7. The van der Waals surface area contributed by atoms with E-state index in [-0.39, 0.29) is 11.8 Å². The van der Waals surface area contributed by atoms with Gasteiger partial charge in [-0.05, 0) is 36.2 Å². The molecule has 0 aromatic heterocycles. The highest BCUT2D eigenvalue weighted by molar-refractivity contribution is 7.98. The van der Waals surface area contributed by atoms with Gasteiger partial charge in [-0.25, -0.2) is 0 Å². The summed E-state index contributed by atoms with van der Waals surface area (Å²) in [6.45, 7) is 1.10. The van der Waals surface area contributed by atoms with Gasteiger partial charge in [0, 0.05) is 36.0 Å². The van der Waals surface area contributed by atoms with Crippen molar-refractivity contribution in [3.05, 3.63) is 64.2 Å². The van der Waals surface area contributed by atoms with Gasteiger partial charge in [-0.1, -0.05) is 29.8 Å². The van der Waals surface area contributed by atoms with Crippen molar-refractivity contribution in [1.82, 2.24) is 5.32 Å². The summed E-state index contributed by atoms with van der Waals surface area (Å²) in [4.78, 5) is 26.3. The van der Waals surface area contributed by atoms with Gasteiger partial charge in [-0.2, -0.15) is 17.0 Å². The minimum absolute atomic E-state index is 0.0167. The first kappa shape index (κ1) is 20.2. The normalized spacial score (nSPS) is 13.4. The van der Waals surface area contributed by atoms with Crippen LogP contribution in [0.3, 0.4) is 0 Å². The molecule has 2 amide bonds. The second kappa shape index (κ2) is 9.63. The smallest absolute Gasteiger partial charge is 0.253 e. The molecule has 0 bridgehead atoms. The van der Waals surface area contributed by atoms with Gasteiger partial charge in [0.15, 0.2) is 0 Å². The van der Waals surface area contributed by atoms with Crippen LogP contribution in [0.4, 0.5) is 5.69 Å². The first-order chi connectivity index (χ1) is 13.6. The molecule has 3 rings (SSSR count). The average molecular weight is 414 g/mol. The van der Waals surface area contributed by atoms with Crippen molar-refractivity contribution in [2.45, 2.75) is 18.6 Å². The number of nitrogens with zero attached hydrogens (tertiary/aromatic N) is 2. The molecule has 1 aliphatic rings. The minimum atomic E-state index is -0.218. The maximum Gasteiger partial charge on any atom is 0.253 e. The number of thioether (sulfide) groups is 1. The molecule has 0 saturated carbocycles. The van der Waals surface area contributed by atoms with Crippen molar-refractivity contribution in [3.63, 3.8) is 0 Å². The zero-order valence-corrected chi connectivity index (χ0v) is 16.9. The predicted molar refractivity (Wildman–Crippen MR) is 113 cm³/mol. The number of rotatable bonds is 7. The Kier molecular flexibility index (Phi) is 6.96. The van der Waals surface area contributed by atoms with Crippen LogP contribution in [0.2, 0.25) is 5.02 Å². The van der Waals surface area contributed by atoms with Crippen LogP contribution < -0.4 is 10.2 Å². The molecule has 1 heterocycles. The molecule has 1 saturated heterocycles. The molecule has 28 heavy (non-hydrogen) atoms. The van der Waals surface area contributed by atoms with Crippen LogP contribution >= 0.6 is 23.4 Å². The standard InChI is InChI=1S/C21H20ClN3O2S/c22-17-7-8-18(19(12-17)25-10-3-6-20(25)26)21(27)24-9-11-28-14-16-5-2-1-4-15(16)13-23/h1-2,4-5,7-8,12H,3,6,9-11,14H2,(H,24,27). The Labute approximate surface area is 173 Å². The van der Waals surface area contributed by atoms with E-state index in [0.29, 0.717) is 47.1 Å². The second-order valence-corrected chi connectivity index (χ2v) is 7.93. The van der Waals surface area contributed by atoms with Gasteiger partial charge < -0.3 is 10.2 Å². The van der Waals surface area contributed by atoms with Gasteiger partial charge in [0.1, 0.15) is 0 Å². The first-order valence-electron chi connectivity index (χ1n) is 9.04. The average Bonchev–Trinajstić information content (AvgIpc) is 3.13. The Morgan fingerprint density at radius 3 is 2.86 bits per heavy atom. The van der Waals surface area contributed by atoms with Crippen molar-refractivity contribution < 1.29 is 9.59 Å². The Morgan fingerprint density at radius 1 is 1.29 bits per heavy atom. The molecular weight excluding hydrogens is 394 g/mol. The first-order valence-corrected chi connectivity index (χ1v) is 10.6. The van der Waals surface area contributed by atoms with Crippen LogP contribution in [-0.2, 0) is 10.5 Å². The van der Waals surface area contributed by atoms with Crippen LogP contribution in [0, 0.1) is 11.3 Å². The Bertz CT molecular complexity index is 926. The van der Waals surface area contributed by atoms with E-state index in [2.05, 4.69) is 11.4 Å². The Morgan fingerprint density at radius 2 is 2.11 bits per heavy atom. The quantitative estimate of drug-likeness (QED) is 0.696. The minimum Gasteiger partial charge on any atom is -0.351 e. The molecule has 0 aliphatic carbocycles. The molecule has 2 aromatic carbocycles. The third-order valence-corrected chi connectivity index (χ3v) is 5.74. The Balaban J connectivity index is 1.55. The number of anilines is 1. The molecule has 0 spiro atoms. The largest absolute Gasteiger partial charge is 0.351 e. The van der Waals surface area contributed by atoms with E-state index in [1.54, 1.807) is 40.9 Å². The number of hydrogen-bond acceptors (Lipinski definition) is 4. The van der Waals surface area contributed by atoms with E-state index in [1.165, 1.54) is 0 Å². The number of amides is 2. The number of carbonyl (C=O) groups excluding carboxylic acids is 2. The molecule has 144 valence electrons. The van der Waals surface area contributed by atoms with Gasteiger partial charge in [0.05, 0.1) is 22.9 Å². The molecule has 1 N–H and O–H groups in total. The van der Waals surface area contributed by atoms with Crippen molar-refractivity contribution in [1.29, 1.82) is 5.26 Å². The Hall–Kier alpha value is -2.49. The number of benzene rings is 2. The molecule has 5 nitrogen and oxygen atoms in total. The fourth-order valence-electron chi connectivity index (χ4n) is 3.09. The van der Waals surface area contributed by atoms with Crippen LogP contribution in [0.25, 0.3) is 0 Å². The summed E-state index contributed by atoms with van der Waals surface area (Å²) < 4.78 is 0. The fourth-order valence-corrected chi connectivity index (χ4v) is 4.12. The van der Waals surface area contributed by atoms with E-state index < -0.39 is 0 Å². The van der Waals surface area contributed by atoms with E-state index >= 15 is 0 Å². The number of hydrogen-bond donors (Lipinski definition) is 1. The van der Waals surface area contributed by atoms with Gasteiger partial charge in [-0.3, -0.25) is 9.59 Å². The fraction of sp³-hybridized carbons (Fsp3) is 0.286. The lowest BCUT2D eigenvalue weighted by atomic mass is 10.1. The lowest BCUT2D eigenvalue weighted by Crippen LogP contribution is -2.30. The lowest BCUT2D eigenvalue weighted by Gasteiger charge is -2.19. The van der Waals surface area contributed by atoms with Gasteiger partial charge >= 0.3 is 0 Å². The van der Waals surface area contributed by atoms with Gasteiger partial charge in [-0.15, -0.1) is 0 Å². The van der Waals surface area contributed by atoms with Crippen molar-refractivity contribution in [3.8, 4) is 6.07 Å². The summed E-state index contributed by atoms with van der Waals surface area (Å²) >= 11 is 7.73. The van der Waals surface area contributed by atoms with E-state index in [9.17, 15) is 9.59 Å². The predicted octanol–water partition coefficient (Wildman–Crippen LogP) is 4.00.